The fourth-order valence-electron chi connectivity index (χ4n) is 4.55. The summed E-state index contributed by atoms with van der Waals surface area (Å²) in [7, 11) is -5.53. The van der Waals surface area contributed by atoms with Gasteiger partial charge in [-0.2, -0.15) is 13.2 Å². The number of carbonyl (C=O) groups is 1. The molecule has 0 unspecified atom stereocenters. The van der Waals surface area contributed by atoms with Gasteiger partial charge in [0, 0.05) is 34.6 Å². The number of carboxylic acids is 1. The van der Waals surface area contributed by atoms with Gasteiger partial charge < -0.3 is 15.4 Å². The van der Waals surface area contributed by atoms with E-state index in [1.807, 2.05) is 4.57 Å². The molecular weight excluding hydrogens is 650 g/mol. The molecule has 230 valence electrons. The molecule has 0 aliphatic heterocycles. The summed E-state index contributed by atoms with van der Waals surface area (Å²) in [6.45, 7) is 0.357. The SMILES string of the molecule is Nc1cc(C=Cc2nc(-c3ccc(Cl)cc3Cl)cn2Cc2ccc(C(=O)O)cc2)ccc1-c1cccc(S(=O)(=O)C(F)(F)F)c1. The van der Waals surface area contributed by atoms with E-state index in [1.165, 1.54) is 24.3 Å². The number of anilines is 1. The van der Waals surface area contributed by atoms with E-state index in [9.17, 15) is 31.5 Å². The molecule has 0 aliphatic carbocycles. The molecule has 0 amide bonds. The van der Waals surface area contributed by atoms with Crippen LogP contribution in [0.5, 0.6) is 0 Å². The van der Waals surface area contributed by atoms with Gasteiger partial charge in [0.2, 0.25) is 0 Å². The van der Waals surface area contributed by atoms with E-state index in [1.54, 1.807) is 66.9 Å². The van der Waals surface area contributed by atoms with Crippen molar-refractivity contribution in [2.75, 3.05) is 5.73 Å². The highest BCUT2D eigenvalue weighted by molar-refractivity contribution is 7.92. The maximum Gasteiger partial charge on any atom is 0.501 e. The third kappa shape index (κ3) is 6.90. The first-order chi connectivity index (χ1) is 21.2. The Labute approximate surface area is 265 Å². The van der Waals surface area contributed by atoms with Crippen LogP contribution in [0.2, 0.25) is 10.0 Å². The third-order valence-corrected chi connectivity index (χ3v) is 8.86. The summed E-state index contributed by atoms with van der Waals surface area (Å²) in [5.41, 5.74) is 4.45. The van der Waals surface area contributed by atoms with Crippen molar-refractivity contribution in [3.63, 3.8) is 0 Å². The lowest BCUT2D eigenvalue weighted by atomic mass is 10.0. The van der Waals surface area contributed by atoms with Gasteiger partial charge in [0.05, 0.1) is 21.2 Å². The second kappa shape index (κ2) is 12.4. The molecule has 1 heterocycles. The van der Waals surface area contributed by atoms with Gasteiger partial charge in [0.25, 0.3) is 9.84 Å². The molecule has 0 spiro atoms. The molecule has 4 aromatic carbocycles. The number of imidazole rings is 1. The van der Waals surface area contributed by atoms with Gasteiger partial charge in [0.1, 0.15) is 5.82 Å². The normalized spacial score (nSPS) is 12.1. The number of nitrogen functional groups attached to an aromatic ring is 1. The Kier molecular flexibility index (Phi) is 8.79. The Morgan fingerprint density at radius 3 is 2.29 bits per heavy atom. The maximum absolute atomic E-state index is 13.1. The molecule has 3 N–H and O–H groups in total. The molecule has 1 aromatic heterocycles. The second-order valence-corrected chi connectivity index (χ2v) is 12.7. The minimum Gasteiger partial charge on any atom is -0.478 e. The summed E-state index contributed by atoms with van der Waals surface area (Å²) in [5.74, 6) is -0.497. The number of benzene rings is 4. The fraction of sp³-hybridized carbons (Fsp3) is 0.0625. The van der Waals surface area contributed by atoms with Gasteiger partial charge in [-0.05, 0) is 71.3 Å². The number of halogens is 5. The summed E-state index contributed by atoms with van der Waals surface area (Å²) < 4.78 is 64.9. The average molecular weight is 673 g/mol. The first kappa shape index (κ1) is 31.8. The van der Waals surface area contributed by atoms with Crippen molar-refractivity contribution < 1.29 is 31.5 Å². The third-order valence-electron chi connectivity index (χ3n) is 6.83. The van der Waals surface area contributed by atoms with Crippen molar-refractivity contribution in [3.05, 3.63) is 124 Å². The molecule has 45 heavy (non-hydrogen) atoms. The Morgan fingerprint density at radius 2 is 1.64 bits per heavy atom. The Bertz CT molecular complexity index is 2060. The number of aromatic carboxylic acids is 1. The number of rotatable bonds is 8. The summed E-state index contributed by atoms with van der Waals surface area (Å²) in [5, 5.41) is 10.1. The van der Waals surface area contributed by atoms with E-state index in [4.69, 9.17) is 33.9 Å². The Hall–Kier alpha value is -4.58. The molecule has 0 radical (unpaired) electrons. The van der Waals surface area contributed by atoms with Gasteiger partial charge in [-0.15, -0.1) is 0 Å². The van der Waals surface area contributed by atoms with Crippen molar-refractivity contribution in [2.45, 2.75) is 16.9 Å². The zero-order valence-corrected chi connectivity index (χ0v) is 25.3. The largest absolute Gasteiger partial charge is 0.501 e. The first-order valence-corrected chi connectivity index (χ1v) is 15.3. The molecule has 0 saturated heterocycles. The number of aromatic nitrogens is 2. The zero-order valence-electron chi connectivity index (χ0n) is 23.0. The van der Waals surface area contributed by atoms with Crippen molar-refractivity contribution in [2.24, 2.45) is 0 Å². The van der Waals surface area contributed by atoms with Crippen LogP contribution in [0.1, 0.15) is 27.3 Å². The van der Waals surface area contributed by atoms with Gasteiger partial charge in [-0.1, -0.05) is 65.7 Å². The number of carboxylic acid groups (broad SMARTS) is 1. The molecule has 0 atom stereocenters. The van der Waals surface area contributed by atoms with Crippen molar-refractivity contribution in [3.8, 4) is 22.4 Å². The van der Waals surface area contributed by atoms with E-state index in [2.05, 4.69) is 0 Å². The molecular formula is C32H22Cl2F3N3O4S. The molecule has 13 heteroatoms. The van der Waals surface area contributed by atoms with Crippen LogP contribution in [0, 0.1) is 0 Å². The lowest BCUT2D eigenvalue weighted by Crippen LogP contribution is -2.23. The maximum atomic E-state index is 13.1. The molecule has 0 aliphatic rings. The summed E-state index contributed by atoms with van der Waals surface area (Å²) in [6, 6.07) is 20.9. The molecule has 5 aromatic rings. The van der Waals surface area contributed by atoms with Crippen LogP contribution < -0.4 is 5.73 Å². The van der Waals surface area contributed by atoms with Crippen LogP contribution in [-0.4, -0.2) is 34.6 Å². The van der Waals surface area contributed by atoms with Crippen LogP contribution >= 0.6 is 23.2 Å². The summed E-state index contributed by atoms with van der Waals surface area (Å²) >= 11 is 12.5. The molecule has 0 bridgehead atoms. The summed E-state index contributed by atoms with van der Waals surface area (Å²) in [6.07, 6.45) is 5.29. The van der Waals surface area contributed by atoms with Crippen LogP contribution in [0.4, 0.5) is 18.9 Å². The topological polar surface area (TPSA) is 115 Å². The minimum atomic E-state index is -5.53. The van der Waals surface area contributed by atoms with Crippen molar-refractivity contribution in [1.82, 2.24) is 9.55 Å². The predicted molar refractivity (Wildman–Crippen MR) is 169 cm³/mol. The van der Waals surface area contributed by atoms with Crippen molar-refractivity contribution >= 4 is 56.8 Å². The van der Waals surface area contributed by atoms with E-state index in [0.717, 1.165) is 17.7 Å². The highest BCUT2D eigenvalue weighted by Crippen LogP contribution is 2.35. The van der Waals surface area contributed by atoms with Crippen LogP contribution in [-0.2, 0) is 16.4 Å². The molecule has 7 nitrogen and oxygen atoms in total. The van der Waals surface area contributed by atoms with Gasteiger partial charge in [-0.3, -0.25) is 0 Å². The number of alkyl halides is 3. The predicted octanol–water partition coefficient (Wildman–Crippen LogP) is 8.32. The Morgan fingerprint density at radius 1 is 0.933 bits per heavy atom. The first-order valence-electron chi connectivity index (χ1n) is 13.1. The Balaban J connectivity index is 1.47. The lowest BCUT2D eigenvalue weighted by molar-refractivity contribution is -0.0436. The molecule has 0 saturated carbocycles. The van der Waals surface area contributed by atoms with Crippen molar-refractivity contribution in [1.29, 1.82) is 0 Å². The standard InChI is InChI=1S/C32H22Cl2F3N3O4S/c33-23-10-12-26(27(34)16-23)29-18-40(17-20-4-8-21(9-5-20)31(41)42)30(39-29)13-7-19-6-11-25(28(38)14-19)22-2-1-3-24(15-22)45(43,44)32(35,36)37/h1-16,18H,17,38H2,(H,41,42). The number of nitrogens with two attached hydrogens (primary N) is 1. The van der Waals surface area contributed by atoms with Crippen LogP contribution in [0.25, 0.3) is 34.5 Å². The smallest absolute Gasteiger partial charge is 0.478 e. The lowest BCUT2D eigenvalue weighted by Gasteiger charge is -2.11. The number of nitrogens with zero attached hydrogens (tertiary/aromatic N) is 2. The van der Waals surface area contributed by atoms with Gasteiger partial charge in [-0.25, -0.2) is 18.2 Å². The summed E-state index contributed by atoms with van der Waals surface area (Å²) in [4.78, 5) is 15.1. The highest BCUT2D eigenvalue weighted by Gasteiger charge is 2.46. The van der Waals surface area contributed by atoms with E-state index in [-0.39, 0.29) is 16.8 Å². The number of hydrogen-bond acceptors (Lipinski definition) is 5. The number of hydrogen-bond donors (Lipinski definition) is 2. The average Bonchev–Trinajstić information content (AvgIpc) is 3.37. The van der Waals surface area contributed by atoms with Crippen LogP contribution in [0.3, 0.4) is 0 Å². The molecule has 0 fully saturated rings. The highest BCUT2D eigenvalue weighted by atomic mass is 35.5. The number of sulfone groups is 1. The van der Waals surface area contributed by atoms with E-state index >= 15 is 0 Å². The second-order valence-electron chi connectivity index (χ2n) is 9.90. The van der Waals surface area contributed by atoms with Crippen LogP contribution in [0.15, 0.2) is 96.0 Å². The monoisotopic (exact) mass is 671 g/mol. The zero-order chi connectivity index (χ0) is 32.5. The van der Waals surface area contributed by atoms with E-state index < -0.39 is 26.2 Å². The van der Waals surface area contributed by atoms with Gasteiger partial charge in [0.15, 0.2) is 0 Å². The fourth-order valence-corrected chi connectivity index (χ4v) is 5.86. The van der Waals surface area contributed by atoms with E-state index in [0.29, 0.717) is 44.8 Å². The minimum absolute atomic E-state index is 0.160. The molecule has 5 rings (SSSR count). The van der Waals surface area contributed by atoms with Gasteiger partial charge >= 0.3 is 11.5 Å². The quantitative estimate of drug-likeness (QED) is 0.160.